The fraction of sp³-hybridized carbons (Fsp3) is 0.292. The van der Waals surface area contributed by atoms with Crippen LogP contribution in [0.25, 0.3) is 0 Å². The lowest BCUT2D eigenvalue weighted by atomic mass is 10.1. The lowest BCUT2D eigenvalue weighted by molar-refractivity contribution is -0.117. The van der Waals surface area contributed by atoms with Crippen molar-refractivity contribution < 1.29 is 4.79 Å². The van der Waals surface area contributed by atoms with Crippen LogP contribution >= 0.6 is 0 Å². The molecular formula is C24H27N5O3. The molecule has 166 valence electrons. The van der Waals surface area contributed by atoms with E-state index in [0.29, 0.717) is 0 Å². The Bertz CT molecular complexity index is 1250. The van der Waals surface area contributed by atoms with Crippen molar-refractivity contribution in [2.45, 2.75) is 32.9 Å². The van der Waals surface area contributed by atoms with E-state index in [1.165, 1.54) is 15.0 Å². The van der Waals surface area contributed by atoms with Gasteiger partial charge >= 0.3 is 5.69 Å². The number of hydrogen-bond donors (Lipinski definition) is 2. The van der Waals surface area contributed by atoms with E-state index in [9.17, 15) is 14.4 Å². The zero-order chi connectivity index (χ0) is 22.8. The van der Waals surface area contributed by atoms with E-state index >= 15 is 0 Å². The lowest BCUT2D eigenvalue weighted by Crippen LogP contribution is -2.46. The number of fused-ring (bicyclic) bond motifs is 1. The molecule has 3 aromatic rings. The minimum Gasteiger partial charge on any atom is -0.383 e. The number of anilines is 3. The Balaban J connectivity index is 1.67. The SMILES string of the molecule is CCN(C(=O)CN1c2ccccc2C[C@H]1C)c1c(N)n(Cc2ccccc2)c(=O)[nH]c1=O. The van der Waals surface area contributed by atoms with Crippen LogP contribution in [-0.4, -0.2) is 34.6 Å². The van der Waals surface area contributed by atoms with Crippen LogP contribution in [0.3, 0.4) is 0 Å². The van der Waals surface area contributed by atoms with E-state index in [0.717, 1.165) is 17.7 Å². The van der Waals surface area contributed by atoms with Gasteiger partial charge < -0.3 is 15.5 Å². The second-order valence-electron chi connectivity index (χ2n) is 8.01. The molecule has 1 aliphatic rings. The number of aromatic nitrogens is 2. The summed E-state index contributed by atoms with van der Waals surface area (Å²) in [5.41, 5.74) is 8.12. The Morgan fingerprint density at radius 1 is 1.12 bits per heavy atom. The first kappa shape index (κ1) is 21.4. The summed E-state index contributed by atoms with van der Waals surface area (Å²) in [5.74, 6) is -0.272. The van der Waals surface area contributed by atoms with Gasteiger partial charge in [-0.1, -0.05) is 48.5 Å². The zero-order valence-electron chi connectivity index (χ0n) is 18.2. The van der Waals surface area contributed by atoms with Gasteiger partial charge in [-0.15, -0.1) is 0 Å². The molecule has 0 aliphatic carbocycles. The van der Waals surface area contributed by atoms with Crippen LogP contribution < -0.4 is 26.8 Å². The second-order valence-corrected chi connectivity index (χ2v) is 8.01. The minimum atomic E-state index is -0.665. The number of nitrogens with zero attached hydrogens (tertiary/aromatic N) is 3. The van der Waals surface area contributed by atoms with Crippen LogP contribution in [-0.2, 0) is 17.8 Å². The quantitative estimate of drug-likeness (QED) is 0.619. The summed E-state index contributed by atoms with van der Waals surface area (Å²) in [6.07, 6.45) is 0.861. The minimum absolute atomic E-state index is 0.00756. The molecule has 3 N–H and O–H groups in total. The highest BCUT2D eigenvalue weighted by molar-refractivity contribution is 5.98. The van der Waals surface area contributed by atoms with Crippen LogP contribution in [0.15, 0.2) is 64.2 Å². The molecule has 0 radical (unpaired) electrons. The number of benzene rings is 2. The van der Waals surface area contributed by atoms with Gasteiger partial charge in [0.05, 0.1) is 13.1 Å². The first-order valence-electron chi connectivity index (χ1n) is 10.7. The molecule has 0 fully saturated rings. The van der Waals surface area contributed by atoms with Crippen LogP contribution in [0.1, 0.15) is 25.0 Å². The van der Waals surface area contributed by atoms with Gasteiger partial charge in [0, 0.05) is 18.3 Å². The maximum absolute atomic E-state index is 13.3. The summed E-state index contributed by atoms with van der Waals surface area (Å²) in [6, 6.07) is 17.5. The molecule has 1 aliphatic heterocycles. The second kappa shape index (κ2) is 8.74. The third kappa shape index (κ3) is 3.91. The number of carbonyl (C=O) groups is 1. The van der Waals surface area contributed by atoms with Gasteiger partial charge in [0.2, 0.25) is 5.91 Å². The van der Waals surface area contributed by atoms with Crippen molar-refractivity contribution in [2.24, 2.45) is 0 Å². The highest BCUT2D eigenvalue weighted by Gasteiger charge is 2.30. The standard InChI is InChI=1S/C24H27N5O3/c1-3-27(20(30)15-28-16(2)13-18-11-7-8-12-19(18)28)21-22(25)29(24(32)26-23(21)31)14-17-9-5-4-6-10-17/h4-12,16H,3,13-15,25H2,1-2H3,(H,26,31,32)/t16-/m1/s1. The number of amides is 1. The van der Waals surface area contributed by atoms with Crippen molar-refractivity contribution in [3.63, 3.8) is 0 Å². The largest absolute Gasteiger partial charge is 0.383 e. The molecule has 32 heavy (non-hydrogen) atoms. The van der Waals surface area contributed by atoms with Gasteiger partial charge in [0.15, 0.2) is 5.69 Å². The molecule has 1 atom stereocenters. The molecule has 0 spiro atoms. The number of hydrogen-bond acceptors (Lipinski definition) is 5. The van der Waals surface area contributed by atoms with Crippen molar-refractivity contribution in [3.05, 3.63) is 86.6 Å². The monoisotopic (exact) mass is 433 g/mol. The van der Waals surface area contributed by atoms with Gasteiger partial charge in [0.25, 0.3) is 5.56 Å². The molecule has 0 unspecified atom stereocenters. The van der Waals surface area contributed by atoms with Crippen molar-refractivity contribution in [1.82, 2.24) is 9.55 Å². The van der Waals surface area contributed by atoms with Crippen molar-refractivity contribution in [3.8, 4) is 0 Å². The number of para-hydroxylation sites is 1. The zero-order valence-corrected chi connectivity index (χ0v) is 18.2. The molecule has 2 heterocycles. The smallest absolute Gasteiger partial charge is 0.330 e. The van der Waals surface area contributed by atoms with Gasteiger partial charge in [-0.25, -0.2) is 4.79 Å². The Morgan fingerprint density at radius 2 is 1.81 bits per heavy atom. The summed E-state index contributed by atoms with van der Waals surface area (Å²) in [5, 5.41) is 0. The third-order valence-corrected chi connectivity index (χ3v) is 5.94. The van der Waals surface area contributed by atoms with Gasteiger partial charge in [0.1, 0.15) is 5.82 Å². The number of nitrogens with one attached hydrogen (secondary N) is 1. The molecule has 0 saturated carbocycles. The van der Waals surface area contributed by atoms with Crippen molar-refractivity contribution in [2.75, 3.05) is 28.6 Å². The number of aromatic amines is 1. The van der Waals surface area contributed by atoms with E-state index < -0.39 is 11.2 Å². The highest BCUT2D eigenvalue weighted by atomic mass is 16.2. The lowest BCUT2D eigenvalue weighted by Gasteiger charge is -2.29. The molecule has 1 aromatic heterocycles. The summed E-state index contributed by atoms with van der Waals surface area (Å²) >= 11 is 0. The average molecular weight is 434 g/mol. The van der Waals surface area contributed by atoms with E-state index in [4.69, 9.17) is 5.73 Å². The number of carbonyl (C=O) groups excluding carboxylic acids is 1. The summed E-state index contributed by atoms with van der Waals surface area (Å²) in [4.78, 5) is 44.3. The molecule has 2 aromatic carbocycles. The van der Waals surface area contributed by atoms with Gasteiger partial charge in [-0.3, -0.25) is 19.1 Å². The Morgan fingerprint density at radius 3 is 2.53 bits per heavy atom. The van der Waals surface area contributed by atoms with Crippen LogP contribution in [0.2, 0.25) is 0 Å². The van der Waals surface area contributed by atoms with Crippen molar-refractivity contribution >= 4 is 23.1 Å². The van der Waals surface area contributed by atoms with Crippen LogP contribution in [0, 0.1) is 0 Å². The molecule has 8 nitrogen and oxygen atoms in total. The Hall–Kier alpha value is -3.81. The van der Waals surface area contributed by atoms with Crippen LogP contribution in [0.5, 0.6) is 0 Å². The molecule has 1 amide bonds. The van der Waals surface area contributed by atoms with E-state index in [1.54, 1.807) is 6.92 Å². The Labute approximate surface area is 185 Å². The van der Waals surface area contributed by atoms with Gasteiger partial charge in [-0.2, -0.15) is 0 Å². The van der Waals surface area contributed by atoms with E-state index in [1.807, 2.05) is 53.4 Å². The number of likely N-dealkylation sites (N-methyl/N-ethyl adjacent to an activating group) is 1. The summed E-state index contributed by atoms with van der Waals surface area (Å²) in [7, 11) is 0. The number of rotatable bonds is 6. The normalized spacial score (nSPS) is 14.9. The number of nitrogens with two attached hydrogens (primary N) is 1. The predicted octanol–water partition coefficient (Wildman–Crippen LogP) is 1.97. The fourth-order valence-electron chi connectivity index (χ4n) is 4.32. The number of H-pyrrole nitrogens is 1. The predicted molar refractivity (Wildman–Crippen MR) is 126 cm³/mol. The first-order chi connectivity index (χ1) is 15.4. The van der Waals surface area contributed by atoms with Gasteiger partial charge in [-0.05, 0) is 37.5 Å². The third-order valence-electron chi connectivity index (χ3n) is 5.94. The maximum Gasteiger partial charge on any atom is 0.330 e. The van der Waals surface area contributed by atoms with Crippen molar-refractivity contribution in [1.29, 1.82) is 0 Å². The molecule has 0 saturated heterocycles. The Kier molecular flexibility index (Phi) is 5.85. The summed E-state index contributed by atoms with van der Waals surface area (Å²) < 4.78 is 1.29. The van der Waals surface area contributed by atoms with Crippen LogP contribution in [0.4, 0.5) is 17.2 Å². The molecule has 0 bridgehead atoms. The summed E-state index contributed by atoms with van der Waals surface area (Å²) in [6.45, 7) is 4.41. The first-order valence-corrected chi connectivity index (χ1v) is 10.7. The van der Waals surface area contributed by atoms with E-state index in [2.05, 4.69) is 18.0 Å². The molecular weight excluding hydrogens is 406 g/mol. The number of nitrogen functional groups attached to an aromatic ring is 1. The maximum atomic E-state index is 13.3. The average Bonchev–Trinajstić information content (AvgIpc) is 3.09. The molecule has 8 heteroatoms. The highest BCUT2D eigenvalue weighted by Crippen LogP contribution is 2.31. The van der Waals surface area contributed by atoms with E-state index in [-0.39, 0.29) is 43.1 Å². The molecule has 4 rings (SSSR count). The fourth-order valence-corrected chi connectivity index (χ4v) is 4.32. The topological polar surface area (TPSA) is 104 Å².